The number of aryl methyl sites for hydroxylation is 1. The number of rotatable bonds is 1. The standard InChI is InChI=1S/C9H8BrN3/c1-7-11-5-6-13(7)8-3-2-4-12-9(8)10/h2-6H,1H3. The molecule has 0 unspecified atom stereocenters. The summed E-state index contributed by atoms with van der Waals surface area (Å²) in [5.41, 5.74) is 1.01. The van der Waals surface area contributed by atoms with E-state index in [1.54, 1.807) is 12.4 Å². The molecule has 3 nitrogen and oxygen atoms in total. The Hall–Kier alpha value is -1.16. The summed E-state index contributed by atoms with van der Waals surface area (Å²) in [6, 6.07) is 3.89. The topological polar surface area (TPSA) is 30.7 Å². The minimum Gasteiger partial charge on any atom is -0.301 e. The molecule has 0 spiro atoms. The summed E-state index contributed by atoms with van der Waals surface area (Å²) in [6.45, 7) is 1.96. The largest absolute Gasteiger partial charge is 0.301 e. The average Bonchev–Trinajstić information content (AvgIpc) is 2.52. The molecule has 0 atom stereocenters. The van der Waals surface area contributed by atoms with E-state index in [9.17, 15) is 0 Å². The molecule has 0 N–H and O–H groups in total. The monoisotopic (exact) mass is 237 g/mol. The smallest absolute Gasteiger partial charge is 0.130 e. The molecule has 66 valence electrons. The second kappa shape index (κ2) is 3.30. The third-order valence-electron chi connectivity index (χ3n) is 1.82. The molecule has 2 rings (SSSR count). The van der Waals surface area contributed by atoms with Gasteiger partial charge in [0.1, 0.15) is 10.4 Å². The molecule has 0 saturated heterocycles. The number of pyridine rings is 1. The summed E-state index contributed by atoms with van der Waals surface area (Å²) >= 11 is 3.39. The normalized spacial score (nSPS) is 10.3. The van der Waals surface area contributed by atoms with Crippen LogP contribution in [0.4, 0.5) is 0 Å². The number of hydrogen-bond donors (Lipinski definition) is 0. The first-order chi connectivity index (χ1) is 6.29. The Labute approximate surface area is 84.6 Å². The van der Waals surface area contributed by atoms with Crippen molar-refractivity contribution in [1.29, 1.82) is 0 Å². The van der Waals surface area contributed by atoms with E-state index in [-0.39, 0.29) is 0 Å². The predicted octanol–water partition coefficient (Wildman–Crippen LogP) is 2.34. The Morgan fingerprint density at radius 1 is 1.31 bits per heavy atom. The van der Waals surface area contributed by atoms with Crippen LogP contribution in [0.1, 0.15) is 5.82 Å². The minimum atomic E-state index is 0.830. The molecule has 4 heteroatoms. The molecule has 0 radical (unpaired) electrons. The zero-order valence-electron chi connectivity index (χ0n) is 7.11. The van der Waals surface area contributed by atoms with Gasteiger partial charge >= 0.3 is 0 Å². The lowest BCUT2D eigenvalue weighted by atomic mass is 10.4. The van der Waals surface area contributed by atoms with Gasteiger partial charge in [-0.25, -0.2) is 9.97 Å². The van der Waals surface area contributed by atoms with Crippen LogP contribution >= 0.6 is 15.9 Å². The molecule has 0 amide bonds. The lowest BCUT2D eigenvalue weighted by Gasteiger charge is -2.05. The van der Waals surface area contributed by atoms with Gasteiger partial charge in [0.05, 0.1) is 5.69 Å². The van der Waals surface area contributed by atoms with Crippen molar-refractivity contribution in [3.63, 3.8) is 0 Å². The van der Waals surface area contributed by atoms with Crippen LogP contribution in [0.5, 0.6) is 0 Å². The third kappa shape index (κ3) is 1.49. The van der Waals surface area contributed by atoms with E-state index in [0.29, 0.717) is 0 Å². The summed E-state index contributed by atoms with van der Waals surface area (Å²) < 4.78 is 2.81. The first-order valence-corrected chi connectivity index (χ1v) is 4.69. The molecule has 2 aromatic heterocycles. The number of halogens is 1. The van der Waals surface area contributed by atoms with Crippen molar-refractivity contribution in [1.82, 2.24) is 14.5 Å². The fourth-order valence-electron chi connectivity index (χ4n) is 1.19. The summed E-state index contributed by atoms with van der Waals surface area (Å²) in [5.74, 6) is 0.953. The Kier molecular flexibility index (Phi) is 2.14. The average molecular weight is 238 g/mol. The summed E-state index contributed by atoms with van der Waals surface area (Å²) in [4.78, 5) is 8.29. The SMILES string of the molecule is Cc1nccn1-c1cccnc1Br. The van der Waals surface area contributed by atoms with Crippen molar-refractivity contribution in [3.05, 3.63) is 41.2 Å². The van der Waals surface area contributed by atoms with E-state index < -0.39 is 0 Å². The molecule has 0 fully saturated rings. The summed E-state index contributed by atoms with van der Waals surface area (Å²) in [5, 5.41) is 0. The lowest BCUT2D eigenvalue weighted by molar-refractivity contribution is 0.956. The van der Waals surface area contributed by atoms with E-state index in [0.717, 1.165) is 16.1 Å². The van der Waals surface area contributed by atoms with Crippen LogP contribution in [0.2, 0.25) is 0 Å². The molecule has 0 bridgehead atoms. The first-order valence-electron chi connectivity index (χ1n) is 3.90. The van der Waals surface area contributed by atoms with Crippen LogP contribution in [0.25, 0.3) is 5.69 Å². The van der Waals surface area contributed by atoms with E-state index in [2.05, 4.69) is 25.9 Å². The zero-order valence-corrected chi connectivity index (χ0v) is 8.69. The molecular weight excluding hydrogens is 230 g/mol. The van der Waals surface area contributed by atoms with Crippen molar-refractivity contribution >= 4 is 15.9 Å². The van der Waals surface area contributed by atoms with Crippen LogP contribution in [0.15, 0.2) is 35.3 Å². The minimum absolute atomic E-state index is 0.830. The van der Waals surface area contributed by atoms with Gasteiger partial charge in [-0.15, -0.1) is 0 Å². The van der Waals surface area contributed by atoms with Gasteiger partial charge in [0.2, 0.25) is 0 Å². The van der Waals surface area contributed by atoms with Crippen molar-refractivity contribution in [2.75, 3.05) is 0 Å². The van der Waals surface area contributed by atoms with Gasteiger partial charge < -0.3 is 4.57 Å². The van der Waals surface area contributed by atoms with Gasteiger partial charge in [0.15, 0.2) is 0 Å². The van der Waals surface area contributed by atoms with E-state index in [1.807, 2.05) is 29.8 Å². The molecule has 2 aromatic rings. The van der Waals surface area contributed by atoms with E-state index >= 15 is 0 Å². The van der Waals surface area contributed by atoms with Gasteiger partial charge in [-0.1, -0.05) is 0 Å². The molecule has 13 heavy (non-hydrogen) atoms. The Morgan fingerprint density at radius 2 is 2.15 bits per heavy atom. The fourth-order valence-corrected chi connectivity index (χ4v) is 1.63. The number of aromatic nitrogens is 3. The number of nitrogens with zero attached hydrogens (tertiary/aromatic N) is 3. The molecule has 0 aliphatic rings. The maximum atomic E-state index is 4.15. The lowest BCUT2D eigenvalue weighted by Crippen LogP contribution is -1.97. The number of hydrogen-bond acceptors (Lipinski definition) is 2. The van der Waals surface area contributed by atoms with Crippen LogP contribution < -0.4 is 0 Å². The molecule has 0 aliphatic heterocycles. The highest BCUT2D eigenvalue weighted by atomic mass is 79.9. The maximum absolute atomic E-state index is 4.15. The highest BCUT2D eigenvalue weighted by Gasteiger charge is 2.03. The molecule has 0 aromatic carbocycles. The van der Waals surface area contributed by atoms with Crippen molar-refractivity contribution in [2.45, 2.75) is 6.92 Å². The third-order valence-corrected chi connectivity index (χ3v) is 2.44. The highest BCUT2D eigenvalue weighted by molar-refractivity contribution is 9.10. The fraction of sp³-hybridized carbons (Fsp3) is 0.111. The van der Waals surface area contributed by atoms with Gasteiger partial charge in [-0.3, -0.25) is 0 Å². The van der Waals surface area contributed by atoms with E-state index in [4.69, 9.17) is 0 Å². The molecular formula is C9H8BrN3. The van der Waals surface area contributed by atoms with E-state index in [1.165, 1.54) is 0 Å². The summed E-state index contributed by atoms with van der Waals surface area (Å²) in [7, 11) is 0. The van der Waals surface area contributed by atoms with Crippen LogP contribution in [0, 0.1) is 6.92 Å². The first kappa shape index (κ1) is 8.44. The van der Waals surface area contributed by atoms with Gasteiger partial charge in [0, 0.05) is 18.6 Å². The summed E-state index contributed by atoms with van der Waals surface area (Å²) in [6.07, 6.45) is 5.44. The molecule has 0 saturated carbocycles. The van der Waals surface area contributed by atoms with Gasteiger partial charge in [0.25, 0.3) is 0 Å². The van der Waals surface area contributed by atoms with Crippen LogP contribution in [-0.4, -0.2) is 14.5 Å². The highest BCUT2D eigenvalue weighted by Crippen LogP contribution is 2.18. The van der Waals surface area contributed by atoms with Crippen LogP contribution in [-0.2, 0) is 0 Å². The maximum Gasteiger partial charge on any atom is 0.130 e. The Bertz CT molecular complexity index is 422. The quantitative estimate of drug-likeness (QED) is 0.714. The molecule has 0 aliphatic carbocycles. The second-order valence-electron chi connectivity index (χ2n) is 2.66. The molecule has 2 heterocycles. The van der Waals surface area contributed by atoms with Crippen molar-refractivity contribution in [2.24, 2.45) is 0 Å². The van der Waals surface area contributed by atoms with Gasteiger partial charge in [-0.05, 0) is 35.0 Å². The van der Waals surface area contributed by atoms with Gasteiger partial charge in [-0.2, -0.15) is 0 Å². The zero-order chi connectivity index (χ0) is 9.26. The second-order valence-corrected chi connectivity index (χ2v) is 3.41. The Balaban J connectivity index is 2.59. The van der Waals surface area contributed by atoms with Crippen LogP contribution in [0.3, 0.4) is 0 Å². The van der Waals surface area contributed by atoms with Crippen molar-refractivity contribution < 1.29 is 0 Å². The number of imidazole rings is 1. The Morgan fingerprint density at radius 3 is 2.77 bits per heavy atom. The predicted molar refractivity (Wildman–Crippen MR) is 53.8 cm³/mol. The van der Waals surface area contributed by atoms with Crippen molar-refractivity contribution in [3.8, 4) is 5.69 Å².